The van der Waals surface area contributed by atoms with Crippen molar-refractivity contribution in [1.29, 1.82) is 0 Å². The Bertz CT molecular complexity index is 907. The molecule has 0 atom stereocenters. The van der Waals surface area contributed by atoms with Crippen LogP contribution >= 0.6 is 0 Å². The SMILES string of the molecule is Cc1ccc(-c2ccc(CO)o2)cc1NC(=O)c1ccc(C(C)C)cc1. The summed E-state index contributed by atoms with van der Waals surface area (Å²) in [6, 6.07) is 17.0. The molecule has 0 saturated heterocycles. The van der Waals surface area contributed by atoms with Gasteiger partial charge in [-0.2, -0.15) is 0 Å². The number of furan rings is 1. The summed E-state index contributed by atoms with van der Waals surface area (Å²) < 4.78 is 5.58. The number of aryl methyl sites for hydroxylation is 1. The highest BCUT2D eigenvalue weighted by molar-refractivity contribution is 6.04. The molecule has 0 radical (unpaired) electrons. The lowest BCUT2D eigenvalue weighted by Crippen LogP contribution is -2.13. The standard InChI is InChI=1S/C22H23NO3/c1-14(2)16-6-8-17(9-7-16)22(25)23-20-12-18(5-4-15(20)3)21-11-10-19(13-24)26-21/h4-12,14,24H,13H2,1-3H3,(H,23,25). The van der Waals surface area contributed by atoms with Crippen molar-refractivity contribution in [2.24, 2.45) is 0 Å². The zero-order chi connectivity index (χ0) is 18.7. The molecule has 2 N–H and O–H groups in total. The van der Waals surface area contributed by atoms with Gasteiger partial charge in [0, 0.05) is 16.8 Å². The number of hydrogen-bond acceptors (Lipinski definition) is 3. The Kier molecular flexibility index (Phi) is 5.24. The summed E-state index contributed by atoms with van der Waals surface area (Å²) in [7, 11) is 0. The van der Waals surface area contributed by atoms with Gasteiger partial charge >= 0.3 is 0 Å². The monoisotopic (exact) mass is 349 g/mol. The van der Waals surface area contributed by atoms with Crippen LogP contribution in [0.15, 0.2) is 59.0 Å². The Hall–Kier alpha value is -2.85. The number of nitrogens with one attached hydrogen (secondary N) is 1. The minimum atomic E-state index is -0.143. The van der Waals surface area contributed by atoms with Gasteiger partial charge < -0.3 is 14.8 Å². The van der Waals surface area contributed by atoms with Crippen molar-refractivity contribution in [3.8, 4) is 11.3 Å². The molecule has 0 unspecified atom stereocenters. The summed E-state index contributed by atoms with van der Waals surface area (Å²) in [5.74, 6) is 1.46. The minimum absolute atomic E-state index is 0.137. The summed E-state index contributed by atoms with van der Waals surface area (Å²) in [5, 5.41) is 12.1. The molecule has 0 aliphatic heterocycles. The van der Waals surface area contributed by atoms with Crippen LogP contribution in [0, 0.1) is 6.92 Å². The van der Waals surface area contributed by atoms with Crippen molar-refractivity contribution in [2.75, 3.05) is 5.32 Å². The molecule has 134 valence electrons. The topological polar surface area (TPSA) is 62.5 Å². The van der Waals surface area contributed by atoms with Gasteiger partial charge in [-0.15, -0.1) is 0 Å². The van der Waals surface area contributed by atoms with E-state index in [4.69, 9.17) is 9.52 Å². The first kappa shape index (κ1) is 18.0. The maximum atomic E-state index is 12.6. The smallest absolute Gasteiger partial charge is 0.255 e. The molecule has 4 heteroatoms. The van der Waals surface area contributed by atoms with Crippen molar-refractivity contribution >= 4 is 11.6 Å². The van der Waals surface area contributed by atoms with E-state index in [0.717, 1.165) is 16.8 Å². The van der Waals surface area contributed by atoms with E-state index in [-0.39, 0.29) is 12.5 Å². The maximum Gasteiger partial charge on any atom is 0.255 e. The van der Waals surface area contributed by atoms with Gasteiger partial charge in [-0.25, -0.2) is 0 Å². The number of aliphatic hydroxyl groups is 1. The van der Waals surface area contributed by atoms with Crippen molar-refractivity contribution in [3.63, 3.8) is 0 Å². The Morgan fingerprint density at radius 1 is 1.08 bits per heavy atom. The highest BCUT2D eigenvalue weighted by Gasteiger charge is 2.11. The van der Waals surface area contributed by atoms with Crippen molar-refractivity contribution in [3.05, 3.63) is 77.0 Å². The van der Waals surface area contributed by atoms with E-state index in [9.17, 15) is 4.79 Å². The Morgan fingerprint density at radius 3 is 2.42 bits per heavy atom. The van der Waals surface area contributed by atoms with Crippen LogP contribution in [0.5, 0.6) is 0 Å². The maximum absolute atomic E-state index is 12.6. The molecular weight excluding hydrogens is 326 g/mol. The molecular formula is C22H23NO3. The summed E-state index contributed by atoms with van der Waals surface area (Å²) in [4.78, 5) is 12.6. The van der Waals surface area contributed by atoms with Gasteiger partial charge in [0.05, 0.1) is 0 Å². The zero-order valence-corrected chi connectivity index (χ0v) is 15.2. The molecule has 2 aromatic carbocycles. The van der Waals surface area contributed by atoms with Crippen LogP contribution in [0.25, 0.3) is 11.3 Å². The molecule has 0 aliphatic carbocycles. The zero-order valence-electron chi connectivity index (χ0n) is 15.2. The molecule has 26 heavy (non-hydrogen) atoms. The van der Waals surface area contributed by atoms with Crippen molar-refractivity contribution in [2.45, 2.75) is 33.3 Å². The van der Waals surface area contributed by atoms with E-state index in [1.54, 1.807) is 6.07 Å². The Labute approximate surface area is 153 Å². The Morgan fingerprint density at radius 2 is 1.81 bits per heavy atom. The minimum Gasteiger partial charge on any atom is -0.459 e. The summed E-state index contributed by atoms with van der Waals surface area (Å²) in [6.07, 6.45) is 0. The van der Waals surface area contributed by atoms with E-state index >= 15 is 0 Å². The number of anilines is 1. The first-order valence-electron chi connectivity index (χ1n) is 8.70. The predicted molar refractivity (Wildman–Crippen MR) is 103 cm³/mol. The van der Waals surface area contributed by atoms with E-state index in [2.05, 4.69) is 19.2 Å². The third kappa shape index (κ3) is 3.86. The summed E-state index contributed by atoms with van der Waals surface area (Å²) in [5.41, 5.74) is 4.38. The second-order valence-electron chi connectivity index (χ2n) is 6.68. The number of rotatable bonds is 5. The van der Waals surface area contributed by atoms with Gasteiger partial charge in [-0.1, -0.05) is 38.1 Å². The molecule has 1 heterocycles. The van der Waals surface area contributed by atoms with Crippen molar-refractivity contribution < 1.29 is 14.3 Å². The van der Waals surface area contributed by atoms with Gasteiger partial charge in [-0.3, -0.25) is 4.79 Å². The second-order valence-corrected chi connectivity index (χ2v) is 6.68. The van der Waals surface area contributed by atoms with Gasteiger partial charge in [0.2, 0.25) is 0 Å². The normalized spacial score (nSPS) is 11.0. The number of aliphatic hydroxyl groups excluding tert-OH is 1. The molecule has 0 aliphatic rings. The van der Waals surface area contributed by atoms with Crippen LogP contribution in [-0.4, -0.2) is 11.0 Å². The fourth-order valence-electron chi connectivity index (χ4n) is 2.74. The lowest BCUT2D eigenvalue weighted by Gasteiger charge is -2.11. The molecule has 1 aromatic heterocycles. The highest BCUT2D eigenvalue weighted by Crippen LogP contribution is 2.27. The van der Waals surface area contributed by atoms with Crippen LogP contribution < -0.4 is 5.32 Å². The largest absolute Gasteiger partial charge is 0.459 e. The number of carbonyl (C=O) groups is 1. The lowest BCUT2D eigenvalue weighted by atomic mass is 10.0. The van der Waals surface area contributed by atoms with Gasteiger partial charge in [0.25, 0.3) is 5.91 Å². The Balaban J connectivity index is 1.82. The van der Waals surface area contributed by atoms with Crippen LogP contribution in [0.4, 0.5) is 5.69 Å². The number of benzene rings is 2. The van der Waals surface area contributed by atoms with Gasteiger partial charge in [0.1, 0.15) is 18.1 Å². The molecule has 1 amide bonds. The second kappa shape index (κ2) is 7.58. The first-order chi connectivity index (χ1) is 12.5. The van der Waals surface area contributed by atoms with Gasteiger partial charge in [0.15, 0.2) is 0 Å². The molecule has 3 rings (SSSR count). The van der Waals surface area contributed by atoms with Crippen molar-refractivity contribution in [1.82, 2.24) is 0 Å². The molecule has 0 saturated carbocycles. The van der Waals surface area contributed by atoms with Crippen LogP contribution in [-0.2, 0) is 6.61 Å². The van der Waals surface area contributed by atoms with E-state index < -0.39 is 0 Å². The molecule has 0 fully saturated rings. The quantitative estimate of drug-likeness (QED) is 0.672. The average molecular weight is 349 g/mol. The number of carbonyl (C=O) groups excluding carboxylic acids is 1. The lowest BCUT2D eigenvalue weighted by molar-refractivity contribution is 0.102. The van der Waals surface area contributed by atoms with Crippen LogP contribution in [0.3, 0.4) is 0 Å². The third-order valence-electron chi connectivity index (χ3n) is 4.43. The van der Waals surface area contributed by atoms with E-state index in [1.807, 2.05) is 55.5 Å². The fraction of sp³-hybridized carbons (Fsp3) is 0.227. The molecule has 4 nitrogen and oxygen atoms in total. The predicted octanol–water partition coefficient (Wildman–Crippen LogP) is 5.12. The third-order valence-corrected chi connectivity index (χ3v) is 4.43. The summed E-state index contributed by atoms with van der Waals surface area (Å²) >= 11 is 0. The van der Waals surface area contributed by atoms with E-state index in [0.29, 0.717) is 23.0 Å². The van der Waals surface area contributed by atoms with Gasteiger partial charge in [-0.05, 0) is 54.3 Å². The number of amides is 1. The van der Waals surface area contributed by atoms with E-state index in [1.165, 1.54) is 5.56 Å². The fourth-order valence-corrected chi connectivity index (χ4v) is 2.74. The van der Waals surface area contributed by atoms with Crippen LogP contribution in [0.2, 0.25) is 0 Å². The highest BCUT2D eigenvalue weighted by atomic mass is 16.4. The number of hydrogen-bond donors (Lipinski definition) is 2. The molecule has 0 bridgehead atoms. The van der Waals surface area contributed by atoms with Crippen LogP contribution in [0.1, 0.15) is 47.0 Å². The molecule has 0 spiro atoms. The average Bonchev–Trinajstić information content (AvgIpc) is 3.12. The first-order valence-corrected chi connectivity index (χ1v) is 8.70. The molecule has 3 aromatic rings. The summed E-state index contributed by atoms with van der Waals surface area (Å²) in [6.45, 7) is 6.06.